The summed E-state index contributed by atoms with van der Waals surface area (Å²) in [6.07, 6.45) is -6.42. The number of urea groups is 1. The van der Waals surface area contributed by atoms with Gasteiger partial charge in [-0.05, 0) is 74.7 Å². The van der Waals surface area contributed by atoms with E-state index in [4.69, 9.17) is 33.1 Å². The summed E-state index contributed by atoms with van der Waals surface area (Å²) in [6, 6.07) is 9.00. The minimum Gasteiger partial charge on any atom is -0.475 e. The maximum Gasteiger partial charge on any atom is 0.490 e. The predicted molar refractivity (Wildman–Crippen MR) is 143 cm³/mol. The molecule has 2 fully saturated rings. The first-order chi connectivity index (χ1) is 19.0. The van der Waals surface area contributed by atoms with Gasteiger partial charge in [0.15, 0.2) is 0 Å². The molecular weight excluding hydrogens is 601 g/mol. The molecule has 2 saturated heterocycles. The smallest absolute Gasteiger partial charge is 0.475 e. The SMILES string of the molecule is CC1CCCN1C1CCN(c2ccc(NC(=O)NCc3cc(Cl)cc(Cl)c3)c(C(F)(F)F)c2)C1.O=C(O)C(F)(F)F. The van der Waals surface area contributed by atoms with Gasteiger partial charge in [-0.25, -0.2) is 9.59 Å². The third-order valence-corrected chi connectivity index (χ3v) is 7.21. The number of rotatable bonds is 5. The van der Waals surface area contributed by atoms with Crippen LogP contribution in [-0.4, -0.2) is 59.9 Å². The van der Waals surface area contributed by atoms with Crippen molar-refractivity contribution in [2.45, 2.75) is 57.2 Å². The lowest BCUT2D eigenvalue weighted by atomic mass is 10.1. The molecule has 0 aliphatic carbocycles. The van der Waals surface area contributed by atoms with Crippen LogP contribution in [0.1, 0.15) is 37.3 Å². The number of aliphatic carboxylic acids is 1. The fourth-order valence-corrected chi connectivity index (χ4v) is 5.45. The number of carboxylic acids is 1. The third-order valence-electron chi connectivity index (χ3n) is 6.78. The van der Waals surface area contributed by atoms with E-state index in [1.807, 2.05) is 4.90 Å². The first kappa shape index (κ1) is 32.6. The van der Waals surface area contributed by atoms with Gasteiger partial charge in [0.2, 0.25) is 0 Å². The van der Waals surface area contributed by atoms with Gasteiger partial charge in [-0.3, -0.25) is 4.90 Å². The van der Waals surface area contributed by atoms with Gasteiger partial charge in [0.25, 0.3) is 0 Å². The van der Waals surface area contributed by atoms with Gasteiger partial charge in [0, 0.05) is 47.5 Å². The Morgan fingerprint density at radius 3 is 2.17 bits per heavy atom. The van der Waals surface area contributed by atoms with Crippen LogP contribution in [0.4, 0.5) is 42.5 Å². The number of carboxylic acid groups (broad SMARTS) is 1. The number of hydrogen-bond donors (Lipinski definition) is 3. The highest BCUT2D eigenvalue weighted by Crippen LogP contribution is 2.38. The van der Waals surface area contributed by atoms with Gasteiger partial charge in [0.05, 0.1) is 11.3 Å². The minimum absolute atomic E-state index is 0.0651. The Labute approximate surface area is 242 Å². The van der Waals surface area contributed by atoms with Crippen molar-refractivity contribution in [3.05, 3.63) is 57.6 Å². The number of halogens is 8. The highest BCUT2D eigenvalue weighted by molar-refractivity contribution is 6.34. The molecule has 0 radical (unpaired) electrons. The molecule has 3 N–H and O–H groups in total. The summed E-state index contributed by atoms with van der Waals surface area (Å²) in [5, 5.41) is 12.8. The van der Waals surface area contributed by atoms with E-state index < -0.39 is 29.9 Å². The zero-order valence-corrected chi connectivity index (χ0v) is 23.3. The molecule has 0 bridgehead atoms. The number of likely N-dealkylation sites (tertiary alicyclic amines) is 1. The van der Waals surface area contributed by atoms with E-state index in [1.165, 1.54) is 18.9 Å². The second-order valence-corrected chi connectivity index (χ2v) is 10.6. The number of hydrogen-bond acceptors (Lipinski definition) is 4. The van der Waals surface area contributed by atoms with Crippen LogP contribution in [-0.2, 0) is 17.5 Å². The van der Waals surface area contributed by atoms with Crippen LogP contribution in [0.5, 0.6) is 0 Å². The van der Waals surface area contributed by atoms with Crippen molar-refractivity contribution in [1.82, 2.24) is 10.2 Å². The Balaban J connectivity index is 0.000000587. The summed E-state index contributed by atoms with van der Waals surface area (Å²) in [4.78, 5) is 25.7. The van der Waals surface area contributed by atoms with Crippen LogP contribution < -0.4 is 15.5 Å². The number of nitrogens with one attached hydrogen (secondary N) is 2. The lowest BCUT2D eigenvalue weighted by Crippen LogP contribution is -2.39. The van der Waals surface area contributed by atoms with Crippen LogP contribution in [0.3, 0.4) is 0 Å². The van der Waals surface area contributed by atoms with Crippen molar-refractivity contribution in [2.75, 3.05) is 29.9 Å². The highest BCUT2D eigenvalue weighted by Gasteiger charge is 2.38. The van der Waals surface area contributed by atoms with E-state index in [9.17, 15) is 31.1 Å². The summed E-state index contributed by atoms with van der Waals surface area (Å²) in [7, 11) is 0. The largest absolute Gasteiger partial charge is 0.490 e. The molecule has 0 spiro atoms. The normalized spacial score (nSPS) is 19.5. The summed E-state index contributed by atoms with van der Waals surface area (Å²) in [5.41, 5.74) is -0.0121. The monoisotopic (exact) mass is 628 g/mol. The second kappa shape index (κ2) is 13.4. The molecule has 2 heterocycles. The summed E-state index contributed by atoms with van der Waals surface area (Å²) >= 11 is 11.9. The molecule has 0 saturated carbocycles. The molecule has 41 heavy (non-hydrogen) atoms. The summed E-state index contributed by atoms with van der Waals surface area (Å²) in [6.45, 7) is 4.74. The zero-order valence-electron chi connectivity index (χ0n) is 21.8. The van der Waals surface area contributed by atoms with Gasteiger partial charge < -0.3 is 20.6 Å². The van der Waals surface area contributed by atoms with E-state index in [-0.39, 0.29) is 12.2 Å². The molecular formula is C26H28Cl2F6N4O3. The zero-order chi connectivity index (χ0) is 30.5. The van der Waals surface area contributed by atoms with Crippen molar-refractivity contribution in [2.24, 2.45) is 0 Å². The predicted octanol–water partition coefficient (Wildman–Crippen LogP) is 7.03. The Hall–Kier alpha value is -2.90. The molecule has 7 nitrogen and oxygen atoms in total. The van der Waals surface area contributed by atoms with Crippen LogP contribution in [0.25, 0.3) is 0 Å². The van der Waals surface area contributed by atoms with Crippen LogP contribution >= 0.6 is 23.2 Å². The van der Waals surface area contributed by atoms with E-state index in [2.05, 4.69) is 22.5 Å². The molecule has 2 aromatic carbocycles. The molecule has 2 aliphatic rings. The number of carbonyl (C=O) groups is 2. The maximum atomic E-state index is 13.9. The van der Waals surface area contributed by atoms with Gasteiger partial charge >= 0.3 is 24.4 Å². The Morgan fingerprint density at radius 2 is 1.63 bits per heavy atom. The van der Waals surface area contributed by atoms with Crippen molar-refractivity contribution < 1.29 is 41.0 Å². The minimum atomic E-state index is -5.08. The molecule has 15 heteroatoms. The summed E-state index contributed by atoms with van der Waals surface area (Å²) < 4.78 is 73.3. The first-order valence-electron chi connectivity index (χ1n) is 12.6. The van der Waals surface area contributed by atoms with Gasteiger partial charge in [-0.1, -0.05) is 23.2 Å². The number of alkyl halides is 6. The van der Waals surface area contributed by atoms with Crippen molar-refractivity contribution in [3.8, 4) is 0 Å². The Bertz CT molecular complexity index is 1220. The van der Waals surface area contributed by atoms with Crippen LogP contribution in [0, 0.1) is 0 Å². The van der Waals surface area contributed by atoms with E-state index in [0.717, 1.165) is 19.0 Å². The highest BCUT2D eigenvalue weighted by atomic mass is 35.5. The van der Waals surface area contributed by atoms with Crippen molar-refractivity contribution >= 4 is 46.6 Å². The van der Waals surface area contributed by atoms with Crippen molar-refractivity contribution in [3.63, 3.8) is 0 Å². The fourth-order valence-electron chi connectivity index (χ4n) is 4.88. The topological polar surface area (TPSA) is 84.9 Å². The van der Waals surface area contributed by atoms with Gasteiger partial charge in [-0.2, -0.15) is 26.3 Å². The number of anilines is 2. The standard InChI is InChI=1S/C24H27Cl2F3N4O.C2HF3O2/c1-15-3-2-7-33(15)20-6-8-32(14-20)19-4-5-22(21(12-19)24(27,28)29)31-23(34)30-13-16-9-17(25)11-18(26)10-16;3-2(4,5)1(6)7/h4-5,9-12,15,20H,2-3,6-8,13-14H2,1H3,(H2,30,31,34);(H,6,7). The molecule has 2 unspecified atom stereocenters. The quantitative estimate of drug-likeness (QED) is 0.310. The number of carbonyl (C=O) groups excluding carboxylic acids is 1. The molecule has 4 rings (SSSR count). The molecule has 2 amide bonds. The van der Waals surface area contributed by atoms with Crippen molar-refractivity contribution in [1.29, 1.82) is 0 Å². The fraction of sp³-hybridized carbons (Fsp3) is 0.462. The number of nitrogens with zero attached hydrogens (tertiary/aromatic N) is 2. The number of amides is 2. The average molecular weight is 629 g/mol. The molecule has 2 aromatic rings. The molecule has 226 valence electrons. The third kappa shape index (κ3) is 9.30. The molecule has 0 aromatic heterocycles. The van der Waals surface area contributed by atoms with Crippen LogP contribution in [0.2, 0.25) is 10.0 Å². The average Bonchev–Trinajstić information content (AvgIpc) is 3.50. The first-order valence-corrected chi connectivity index (χ1v) is 13.3. The van der Waals surface area contributed by atoms with E-state index in [0.29, 0.717) is 46.5 Å². The second-order valence-electron chi connectivity index (χ2n) is 9.73. The van der Waals surface area contributed by atoms with Gasteiger partial charge in [-0.15, -0.1) is 0 Å². The number of benzene rings is 2. The van der Waals surface area contributed by atoms with Gasteiger partial charge in [0.1, 0.15) is 0 Å². The molecule has 2 aliphatic heterocycles. The van der Waals surface area contributed by atoms with E-state index >= 15 is 0 Å². The van der Waals surface area contributed by atoms with E-state index in [1.54, 1.807) is 24.3 Å². The lowest BCUT2D eigenvalue weighted by molar-refractivity contribution is -0.192. The maximum absolute atomic E-state index is 13.9. The Kier molecular flexibility index (Phi) is 10.6. The van der Waals surface area contributed by atoms with Crippen LogP contribution in [0.15, 0.2) is 36.4 Å². The molecule has 2 atom stereocenters. The lowest BCUT2D eigenvalue weighted by Gasteiger charge is -2.29. The Morgan fingerprint density at radius 1 is 1.00 bits per heavy atom. The summed E-state index contributed by atoms with van der Waals surface area (Å²) in [5.74, 6) is -2.76.